The predicted molar refractivity (Wildman–Crippen MR) is 418 cm³/mol. The van der Waals surface area contributed by atoms with Gasteiger partial charge in [0.2, 0.25) is 29.5 Å². The zero-order chi connectivity index (χ0) is 96.4. The first-order valence-corrected chi connectivity index (χ1v) is 37.6. The minimum atomic E-state index is -1.25. The minimum Gasteiger partial charge on any atom is -0.481 e. The molecule has 0 spiro atoms. The van der Waals surface area contributed by atoms with Crippen LogP contribution in [0.2, 0.25) is 0 Å². The van der Waals surface area contributed by atoms with E-state index in [1.807, 2.05) is 6.92 Å². The normalized spacial score (nSPS) is 13.4. The summed E-state index contributed by atoms with van der Waals surface area (Å²) in [6.07, 6.45) is 7.60. The van der Waals surface area contributed by atoms with Gasteiger partial charge in [0, 0.05) is 44.3 Å². The fourth-order valence-electron chi connectivity index (χ4n) is 8.56. The number of aliphatic hydroxyl groups excluding tert-OH is 16. The van der Waals surface area contributed by atoms with Crippen molar-refractivity contribution in [2.24, 2.45) is 51.8 Å². The molecule has 708 valence electrons. The SMILES string of the molecule is CC(CC(=O)N(CO)CO)C(=O)O.CC(CC(=O)N(CO)CO)C(=O)O.CC(CC(=O)N(CO)CO)C(=O)O.CCC(CO)(CO)COC(=O)/C=C/C(=O)O.CCC(CO)(CO)COC(=O)C1CC=CCC1C(=O)O.CCC(CO)(CO)COC(=O)c1ccccc1C(=O)O.CCCCC(CC(=O)N(CO)CO)C(=O)O.O=C(O)CCC(=O)N(CO)CO. The number of hydrogen-bond donors (Lipinski definition) is 24. The smallest absolute Gasteiger partial charge is 0.339 e. The van der Waals surface area contributed by atoms with Gasteiger partial charge in [-0.25, -0.2) is 19.2 Å². The van der Waals surface area contributed by atoms with E-state index in [0.717, 1.165) is 43.4 Å². The van der Waals surface area contributed by atoms with Gasteiger partial charge in [-0.15, -0.1) is 0 Å². The Hall–Kier alpha value is -10.4. The molecule has 1 aliphatic rings. The van der Waals surface area contributed by atoms with E-state index < -0.39 is 214 Å². The number of aliphatic hydroxyl groups is 16. The van der Waals surface area contributed by atoms with Gasteiger partial charge in [0.05, 0.1) is 109 Å². The number of amides is 5. The quantitative estimate of drug-likeness (QED) is 0.00975. The van der Waals surface area contributed by atoms with E-state index in [9.17, 15) is 97.1 Å². The topological polar surface area (TPSA) is 803 Å². The van der Waals surface area contributed by atoms with E-state index >= 15 is 0 Å². The van der Waals surface area contributed by atoms with Crippen LogP contribution in [-0.2, 0) is 81.3 Å². The molecule has 0 heterocycles. The van der Waals surface area contributed by atoms with E-state index in [0.29, 0.717) is 44.6 Å². The van der Waals surface area contributed by atoms with E-state index in [2.05, 4.69) is 0 Å². The average molecular weight is 1780 g/mol. The molecule has 5 amide bonds. The lowest BCUT2D eigenvalue weighted by Crippen LogP contribution is -2.38. The number of nitrogens with zero attached hydrogens (tertiary/aromatic N) is 5. The highest BCUT2D eigenvalue weighted by Gasteiger charge is 2.38. The number of hydrogen-bond acceptors (Lipinski definition) is 35. The highest BCUT2D eigenvalue weighted by molar-refractivity contribution is 6.02. The molecule has 123 heavy (non-hydrogen) atoms. The second kappa shape index (κ2) is 71.0. The molecule has 1 aromatic rings. The molecule has 2 rings (SSSR count). The van der Waals surface area contributed by atoms with Crippen molar-refractivity contribution in [1.82, 2.24) is 24.5 Å². The number of aromatic carboxylic acids is 1. The summed E-state index contributed by atoms with van der Waals surface area (Å²) in [5.41, 5.74) is -2.84. The maximum atomic E-state index is 12.0. The fourth-order valence-corrected chi connectivity index (χ4v) is 8.56. The standard InChI is InChI=1S/C14H22O6.C14H18O6.C10H19NO5.C10H16O6.3C7H13NO5.C6H11NO5/c2*1-2-14(7-15,8-16)9-20-13(19)11-6-4-3-5-10(11)12(17)18;1-2-3-4-8(10(15)16)5-9(14)11(6-12)7-13;1-2-10(5-11,6-12)7-16-9(15)4-3-8(13)14;3*1-5(7(12)13)2-6(11)8(3-9)4-10;8-3-7(4-9)5(10)1-2-6(11)12/h3-4,10-11,15-16H,2,5-9H2,1H3,(H,17,18);3-6,15-16H,2,7-9H2,1H3,(H,17,18);8,12-13H,2-7H2,1H3,(H,15,16);3-4,11-12H,2,5-7H2,1H3,(H,13,14);3*5,9-10H,2-4H2,1H3,(H,12,13);8-9H,1-4H2,(H,11,12)/b;;;4-3+;;;;. The minimum absolute atomic E-state index is 0.0547. The third-order valence-corrected chi connectivity index (χ3v) is 18.0. The second-order valence-electron chi connectivity index (χ2n) is 27.0. The van der Waals surface area contributed by atoms with Crippen molar-refractivity contribution in [1.29, 1.82) is 0 Å². The van der Waals surface area contributed by atoms with Crippen molar-refractivity contribution in [3.63, 3.8) is 0 Å². The van der Waals surface area contributed by atoms with Gasteiger partial charge in [-0.2, -0.15) is 0 Å². The van der Waals surface area contributed by atoms with Crippen LogP contribution in [-0.4, -0.2) is 369 Å². The zero-order valence-corrected chi connectivity index (χ0v) is 69.6. The van der Waals surface area contributed by atoms with Gasteiger partial charge in [0.15, 0.2) is 0 Å². The number of rotatable bonds is 49. The lowest BCUT2D eigenvalue weighted by atomic mass is 9.83. The number of allylic oxidation sites excluding steroid dienone is 2. The highest BCUT2D eigenvalue weighted by atomic mass is 16.5. The number of benzene rings is 1. The summed E-state index contributed by atoms with van der Waals surface area (Å²) in [6, 6.07) is 5.72. The number of carboxylic acid groups (broad SMARTS) is 8. The molecule has 0 saturated heterocycles. The Morgan fingerprint density at radius 3 is 1.00 bits per heavy atom. The number of unbranched alkanes of at least 4 members (excludes halogenated alkanes) is 1. The van der Waals surface area contributed by atoms with Crippen molar-refractivity contribution in [2.45, 2.75) is 138 Å². The zero-order valence-electron chi connectivity index (χ0n) is 69.6. The van der Waals surface area contributed by atoms with Gasteiger partial charge in [-0.1, -0.05) is 85.6 Å². The molecule has 48 nitrogen and oxygen atoms in total. The van der Waals surface area contributed by atoms with Crippen LogP contribution in [0, 0.1) is 51.8 Å². The van der Waals surface area contributed by atoms with E-state index in [-0.39, 0.29) is 109 Å². The van der Waals surface area contributed by atoms with E-state index in [4.69, 9.17) is 116 Å². The van der Waals surface area contributed by atoms with Crippen LogP contribution in [0.5, 0.6) is 0 Å². The van der Waals surface area contributed by atoms with Gasteiger partial charge in [-0.3, -0.25) is 82.0 Å². The predicted octanol–water partition coefficient (Wildman–Crippen LogP) is -3.90. The number of carbonyl (C=O) groups is 16. The fraction of sp³-hybridized carbons (Fsp3) is 0.653. The molecule has 1 aromatic carbocycles. The average Bonchev–Trinajstić information content (AvgIpc) is 0.847. The Labute approximate surface area is 707 Å². The van der Waals surface area contributed by atoms with Crippen LogP contribution in [0.15, 0.2) is 48.6 Å². The Morgan fingerprint density at radius 2 is 0.715 bits per heavy atom. The van der Waals surface area contributed by atoms with Crippen LogP contribution >= 0.6 is 0 Å². The van der Waals surface area contributed by atoms with Crippen LogP contribution < -0.4 is 0 Å². The number of carboxylic acids is 8. The summed E-state index contributed by atoms with van der Waals surface area (Å²) in [4.78, 5) is 178. The number of ether oxygens (including phenoxy) is 3. The molecule has 0 radical (unpaired) electrons. The Kier molecular flexibility index (Phi) is 71.3. The van der Waals surface area contributed by atoms with Crippen LogP contribution in [0.4, 0.5) is 0 Å². The lowest BCUT2D eigenvalue weighted by molar-refractivity contribution is -0.162. The first-order chi connectivity index (χ1) is 57.7. The number of aliphatic carboxylic acids is 7. The van der Waals surface area contributed by atoms with Crippen LogP contribution in [0.3, 0.4) is 0 Å². The maximum Gasteiger partial charge on any atom is 0.339 e. The van der Waals surface area contributed by atoms with Gasteiger partial charge in [0.1, 0.15) is 87.1 Å². The first kappa shape index (κ1) is 123. The summed E-state index contributed by atoms with van der Waals surface area (Å²) < 4.78 is 14.9. The van der Waals surface area contributed by atoms with E-state index in [1.54, 1.807) is 32.9 Å². The molecule has 24 N–H and O–H groups in total. The van der Waals surface area contributed by atoms with Gasteiger partial charge < -0.3 is 137 Å². The van der Waals surface area contributed by atoms with Gasteiger partial charge >= 0.3 is 65.7 Å². The second-order valence-corrected chi connectivity index (χ2v) is 27.0. The molecular weight excluding hydrogens is 1660 g/mol. The monoisotopic (exact) mass is 1780 g/mol. The maximum absolute atomic E-state index is 12.0. The first-order valence-electron chi connectivity index (χ1n) is 37.6. The lowest BCUT2D eigenvalue weighted by Gasteiger charge is -2.29. The van der Waals surface area contributed by atoms with Crippen molar-refractivity contribution in [3.05, 3.63) is 59.7 Å². The molecular formula is C75H125N5O43. The Balaban J connectivity index is -0.000000320. The van der Waals surface area contributed by atoms with E-state index in [1.165, 1.54) is 45.0 Å². The number of esters is 3. The van der Waals surface area contributed by atoms with Crippen molar-refractivity contribution in [2.75, 3.05) is 127 Å². The third-order valence-electron chi connectivity index (χ3n) is 18.0. The van der Waals surface area contributed by atoms with Crippen molar-refractivity contribution < 1.29 is 213 Å². The Morgan fingerprint density at radius 1 is 0.398 bits per heavy atom. The largest absolute Gasteiger partial charge is 0.481 e. The Bertz CT molecular complexity index is 3220. The van der Waals surface area contributed by atoms with Gasteiger partial charge in [0.25, 0.3) is 0 Å². The summed E-state index contributed by atoms with van der Waals surface area (Å²) in [5, 5.41) is 210. The molecule has 48 heteroatoms. The molecule has 0 aromatic heterocycles. The van der Waals surface area contributed by atoms with Crippen LogP contribution in [0.25, 0.3) is 0 Å². The third kappa shape index (κ3) is 53.3. The van der Waals surface area contributed by atoms with Crippen LogP contribution in [0.1, 0.15) is 159 Å². The summed E-state index contributed by atoms with van der Waals surface area (Å²) in [5.74, 6) is -18.5. The highest BCUT2D eigenvalue weighted by Crippen LogP contribution is 2.30. The summed E-state index contributed by atoms with van der Waals surface area (Å²) in [6.45, 7) is 3.01. The summed E-state index contributed by atoms with van der Waals surface area (Å²) in [7, 11) is 0. The molecule has 6 atom stereocenters. The molecule has 0 fully saturated rings. The van der Waals surface area contributed by atoms with Crippen molar-refractivity contribution >= 4 is 95.2 Å². The van der Waals surface area contributed by atoms with Crippen molar-refractivity contribution in [3.8, 4) is 0 Å². The molecule has 0 saturated carbocycles. The number of carbonyl (C=O) groups excluding carboxylic acids is 8. The molecule has 0 aliphatic heterocycles. The molecule has 1 aliphatic carbocycles. The van der Waals surface area contributed by atoms with Gasteiger partial charge in [-0.05, 0) is 50.7 Å². The molecule has 6 unspecified atom stereocenters. The summed E-state index contributed by atoms with van der Waals surface area (Å²) >= 11 is 0. The molecule has 0 bridgehead atoms.